The van der Waals surface area contributed by atoms with Gasteiger partial charge in [0.2, 0.25) is 0 Å². The Hall–Kier alpha value is -2.36. The zero-order valence-corrected chi connectivity index (χ0v) is 10.6. The Balaban J connectivity index is 2.14. The number of rotatable bonds is 1. The van der Waals surface area contributed by atoms with Crippen LogP contribution in [-0.2, 0) is 16.0 Å². The number of carbonyl (C=O) groups excluding carboxylic acids is 1. The first-order chi connectivity index (χ1) is 9.29. The van der Waals surface area contributed by atoms with E-state index in [2.05, 4.69) is 10.3 Å². The van der Waals surface area contributed by atoms with Crippen molar-refractivity contribution in [2.75, 3.05) is 12.4 Å². The van der Waals surface area contributed by atoms with Crippen LogP contribution in [0.3, 0.4) is 0 Å². The predicted molar refractivity (Wildman–Crippen MR) is 71.9 cm³/mol. The monoisotopic (exact) mass is 254 g/mol. The number of aromatic nitrogens is 1. The van der Waals surface area contributed by atoms with Gasteiger partial charge in [-0.1, -0.05) is 30.3 Å². The molecule has 0 bridgehead atoms. The first kappa shape index (κ1) is 11.7. The number of hydrogen-bond donors (Lipinski definition) is 1. The van der Waals surface area contributed by atoms with Gasteiger partial charge in [-0.25, -0.2) is 9.78 Å². The lowest BCUT2D eigenvalue weighted by molar-refractivity contribution is -0.141. The second kappa shape index (κ2) is 4.72. The number of pyridine rings is 1. The Morgan fingerprint density at radius 3 is 2.89 bits per heavy atom. The molecule has 3 rings (SSSR count). The Kier molecular flexibility index (Phi) is 2.91. The van der Waals surface area contributed by atoms with Crippen molar-refractivity contribution in [2.45, 2.75) is 12.5 Å². The summed E-state index contributed by atoms with van der Waals surface area (Å²) in [5, 5.41) is 3.18. The third-order valence-corrected chi connectivity index (χ3v) is 3.36. The molecule has 0 saturated heterocycles. The van der Waals surface area contributed by atoms with Gasteiger partial charge < -0.3 is 10.1 Å². The van der Waals surface area contributed by atoms with Crippen molar-refractivity contribution < 1.29 is 9.53 Å². The lowest BCUT2D eigenvalue weighted by Gasteiger charge is -2.17. The second-order valence-electron chi connectivity index (χ2n) is 4.49. The molecule has 2 aromatic rings. The number of carbonyl (C=O) groups is 1. The molecule has 19 heavy (non-hydrogen) atoms. The van der Waals surface area contributed by atoms with Gasteiger partial charge in [0, 0.05) is 12.6 Å². The fourth-order valence-electron chi connectivity index (χ4n) is 2.41. The minimum absolute atomic E-state index is 0.300. The van der Waals surface area contributed by atoms with Crippen molar-refractivity contribution in [1.29, 1.82) is 0 Å². The summed E-state index contributed by atoms with van der Waals surface area (Å²) in [5.74, 6) is 0.444. The third-order valence-electron chi connectivity index (χ3n) is 3.36. The number of methoxy groups -OCH3 is 1. The Morgan fingerprint density at radius 1 is 1.26 bits per heavy atom. The Labute approximate surface area is 111 Å². The van der Waals surface area contributed by atoms with Crippen LogP contribution in [0.5, 0.6) is 0 Å². The maximum absolute atomic E-state index is 12.0. The number of benzene rings is 1. The van der Waals surface area contributed by atoms with Gasteiger partial charge in [0.05, 0.1) is 7.11 Å². The molecule has 0 spiro atoms. The van der Waals surface area contributed by atoms with E-state index in [1.165, 1.54) is 7.11 Å². The molecule has 1 aromatic heterocycles. The summed E-state index contributed by atoms with van der Waals surface area (Å²) in [6, 6.07) is 11.3. The van der Waals surface area contributed by atoms with E-state index in [9.17, 15) is 4.79 Å². The van der Waals surface area contributed by atoms with Crippen molar-refractivity contribution in [3.63, 3.8) is 0 Å². The molecule has 96 valence electrons. The van der Waals surface area contributed by atoms with Crippen LogP contribution in [0.1, 0.15) is 22.7 Å². The molecule has 0 saturated carbocycles. The highest BCUT2D eigenvalue weighted by Gasteiger charge is 2.27. The number of ether oxygens (including phenoxy) is 1. The van der Waals surface area contributed by atoms with Crippen molar-refractivity contribution in [2.24, 2.45) is 0 Å². The van der Waals surface area contributed by atoms with E-state index in [-0.39, 0.29) is 5.97 Å². The van der Waals surface area contributed by atoms with Crippen molar-refractivity contribution in [3.05, 3.63) is 59.3 Å². The fraction of sp³-hybridized carbons (Fsp3) is 0.200. The standard InChI is InChI=1S/C15H14N2O2/c1-19-15(18)13-12-7-3-2-5-10(12)9-11-6-4-8-16-14(11)17-13/h2-8,13H,9H2,1H3,(H,16,17). The molecule has 1 unspecified atom stereocenters. The van der Waals surface area contributed by atoms with Crippen LogP contribution in [0.2, 0.25) is 0 Å². The number of esters is 1. The lowest BCUT2D eigenvalue weighted by Crippen LogP contribution is -2.22. The highest BCUT2D eigenvalue weighted by atomic mass is 16.5. The molecular weight excluding hydrogens is 240 g/mol. The zero-order chi connectivity index (χ0) is 13.2. The summed E-state index contributed by atoms with van der Waals surface area (Å²) in [6.07, 6.45) is 2.48. The number of anilines is 1. The van der Waals surface area contributed by atoms with Gasteiger partial charge in [0.25, 0.3) is 0 Å². The minimum Gasteiger partial charge on any atom is -0.467 e. The average molecular weight is 254 g/mol. The van der Waals surface area contributed by atoms with Gasteiger partial charge in [-0.2, -0.15) is 0 Å². The van der Waals surface area contributed by atoms with Crippen LogP contribution in [0.4, 0.5) is 5.82 Å². The molecule has 4 heteroatoms. The predicted octanol–water partition coefficient (Wildman–Crippen LogP) is 2.31. The van der Waals surface area contributed by atoms with Gasteiger partial charge in [-0.15, -0.1) is 0 Å². The zero-order valence-electron chi connectivity index (χ0n) is 10.6. The summed E-state index contributed by atoms with van der Waals surface area (Å²) in [6.45, 7) is 0. The Morgan fingerprint density at radius 2 is 2.05 bits per heavy atom. The van der Waals surface area contributed by atoms with Crippen molar-refractivity contribution in [3.8, 4) is 0 Å². The summed E-state index contributed by atoms with van der Waals surface area (Å²) in [7, 11) is 1.40. The van der Waals surface area contributed by atoms with E-state index >= 15 is 0 Å². The van der Waals surface area contributed by atoms with Gasteiger partial charge in [-0.3, -0.25) is 0 Å². The molecule has 4 nitrogen and oxygen atoms in total. The van der Waals surface area contributed by atoms with Gasteiger partial charge in [-0.05, 0) is 22.8 Å². The molecule has 1 aromatic carbocycles. The number of fused-ring (bicyclic) bond motifs is 2. The van der Waals surface area contributed by atoms with Crippen LogP contribution in [0.15, 0.2) is 42.6 Å². The first-order valence-corrected chi connectivity index (χ1v) is 6.15. The van der Waals surface area contributed by atoms with Gasteiger partial charge >= 0.3 is 5.97 Å². The Bertz CT molecular complexity index is 625. The van der Waals surface area contributed by atoms with E-state index in [4.69, 9.17) is 4.74 Å². The molecule has 0 radical (unpaired) electrons. The number of nitrogens with zero attached hydrogens (tertiary/aromatic N) is 1. The van der Waals surface area contributed by atoms with Gasteiger partial charge in [0.1, 0.15) is 5.82 Å². The largest absolute Gasteiger partial charge is 0.467 e. The van der Waals surface area contributed by atoms with E-state index in [0.717, 1.165) is 28.9 Å². The molecule has 0 fully saturated rings. The van der Waals surface area contributed by atoms with Crippen LogP contribution in [0, 0.1) is 0 Å². The number of hydrogen-bond acceptors (Lipinski definition) is 4. The average Bonchev–Trinajstić information content (AvgIpc) is 2.62. The first-order valence-electron chi connectivity index (χ1n) is 6.15. The highest BCUT2D eigenvalue weighted by Crippen LogP contribution is 2.31. The molecule has 2 heterocycles. The summed E-state index contributed by atoms with van der Waals surface area (Å²) in [4.78, 5) is 16.3. The van der Waals surface area contributed by atoms with Gasteiger partial charge in [0.15, 0.2) is 6.04 Å². The van der Waals surface area contributed by atoms with E-state index < -0.39 is 6.04 Å². The molecule has 1 N–H and O–H groups in total. The third kappa shape index (κ3) is 2.05. The molecule has 0 aliphatic carbocycles. The lowest BCUT2D eigenvalue weighted by atomic mass is 9.98. The summed E-state index contributed by atoms with van der Waals surface area (Å²) in [5.41, 5.74) is 3.16. The van der Waals surface area contributed by atoms with Crippen molar-refractivity contribution in [1.82, 2.24) is 4.98 Å². The maximum Gasteiger partial charge on any atom is 0.333 e. The SMILES string of the molecule is COC(=O)C1Nc2ncccc2Cc2ccccc21. The quantitative estimate of drug-likeness (QED) is 0.793. The molecule has 0 amide bonds. The van der Waals surface area contributed by atoms with Crippen molar-refractivity contribution >= 4 is 11.8 Å². The topological polar surface area (TPSA) is 51.2 Å². The van der Waals surface area contributed by atoms with Crippen LogP contribution < -0.4 is 5.32 Å². The van der Waals surface area contributed by atoms with Crippen LogP contribution in [-0.4, -0.2) is 18.1 Å². The molecule has 1 aliphatic heterocycles. The smallest absolute Gasteiger partial charge is 0.333 e. The fourth-order valence-corrected chi connectivity index (χ4v) is 2.41. The van der Waals surface area contributed by atoms with E-state index in [1.54, 1.807) is 6.20 Å². The molecule has 1 atom stereocenters. The molecular formula is C15H14N2O2. The van der Waals surface area contributed by atoms with E-state index in [1.807, 2.05) is 36.4 Å². The van der Waals surface area contributed by atoms with E-state index in [0.29, 0.717) is 0 Å². The minimum atomic E-state index is -0.502. The van der Waals surface area contributed by atoms with Crippen LogP contribution >= 0.6 is 0 Å². The number of nitrogens with one attached hydrogen (secondary N) is 1. The summed E-state index contributed by atoms with van der Waals surface area (Å²) < 4.78 is 4.89. The maximum atomic E-state index is 12.0. The molecule has 1 aliphatic rings. The normalized spacial score (nSPS) is 16.6. The van der Waals surface area contributed by atoms with Crippen LogP contribution in [0.25, 0.3) is 0 Å². The summed E-state index contributed by atoms with van der Waals surface area (Å²) >= 11 is 0. The second-order valence-corrected chi connectivity index (χ2v) is 4.49. The highest BCUT2D eigenvalue weighted by molar-refractivity contribution is 5.82.